The van der Waals surface area contributed by atoms with Gasteiger partial charge >= 0.3 is 6.09 Å². The van der Waals surface area contributed by atoms with E-state index in [1.807, 2.05) is 20.8 Å². The Morgan fingerprint density at radius 3 is 2.55 bits per heavy atom. The first-order valence-electron chi connectivity index (χ1n) is 7.83. The molecule has 1 saturated heterocycles. The van der Waals surface area contributed by atoms with Crippen LogP contribution in [0.5, 0.6) is 0 Å². The molecular formula is C16H29NO3. The molecule has 1 aliphatic carbocycles. The van der Waals surface area contributed by atoms with Crippen LogP contribution < -0.4 is 0 Å². The highest BCUT2D eigenvalue weighted by molar-refractivity contribution is 5.69. The van der Waals surface area contributed by atoms with Gasteiger partial charge in [0.1, 0.15) is 5.60 Å². The number of ether oxygens (including phenoxy) is 1. The van der Waals surface area contributed by atoms with E-state index >= 15 is 0 Å². The molecule has 4 atom stereocenters. The van der Waals surface area contributed by atoms with Crippen LogP contribution >= 0.6 is 0 Å². The molecule has 2 rings (SSSR count). The first-order chi connectivity index (χ1) is 9.22. The Morgan fingerprint density at radius 2 is 2.05 bits per heavy atom. The number of amides is 1. The van der Waals surface area contributed by atoms with E-state index in [4.69, 9.17) is 4.74 Å². The van der Waals surface area contributed by atoms with Gasteiger partial charge in [-0.05, 0) is 50.9 Å². The lowest BCUT2D eigenvalue weighted by Crippen LogP contribution is -2.48. The number of likely N-dealkylation sites (tertiary alicyclic amines) is 1. The van der Waals surface area contributed by atoms with Crippen LogP contribution in [0.1, 0.15) is 53.9 Å². The van der Waals surface area contributed by atoms with Crippen molar-refractivity contribution in [1.29, 1.82) is 0 Å². The normalized spacial score (nSPS) is 37.1. The van der Waals surface area contributed by atoms with E-state index in [0.717, 1.165) is 13.0 Å². The fourth-order valence-corrected chi connectivity index (χ4v) is 3.78. The molecule has 0 aromatic heterocycles. The van der Waals surface area contributed by atoms with Gasteiger partial charge < -0.3 is 14.7 Å². The van der Waals surface area contributed by atoms with Crippen LogP contribution in [0.2, 0.25) is 0 Å². The van der Waals surface area contributed by atoms with Gasteiger partial charge in [-0.3, -0.25) is 0 Å². The Bertz CT molecular complexity index is 376. The van der Waals surface area contributed by atoms with Crippen LogP contribution in [0.3, 0.4) is 0 Å². The van der Waals surface area contributed by atoms with Crippen LogP contribution in [0.25, 0.3) is 0 Å². The third-order valence-electron chi connectivity index (χ3n) is 5.08. The highest BCUT2D eigenvalue weighted by atomic mass is 16.6. The van der Waals surface area contributed by atoms with Gasteiger partial charge in [-0.15, -0.1) is 0 Å². The highest BCUT2D eigenvalue weighted by Crippen LogP contribution is 2.61. The average molecular weight is 283 g/mol. The summed E-state index contributed by atoms with van der Waals surface area (Å²) in [7, 11) is 0. The third kappa shape index (κ3) is 2.95. The topological polar surface area (TPSA) is 49.8 Å². The maximum Gasteiger partial charge on any atom is 0.410 e. The zero-order valence-electron chi connectivity index (χ0n) is 13.5. The van der Waals surface area contributed by atoms with Gasteiger partial charge in [-0.1, -0.05) is 20.3 Å². The van der Waals surface area contributed by atoms with Gasteiger partial charge in [-0.25, -0.2) is 4.79 Å². The molecule has 4 nitrogen and oxygen atoms in total. The maximum atomic E-state index is 12.4. The molecule has 1 N–H and O–H groups in total. The van der Waals surface area contributed by atoms with Crippen LogP contribution in [-0.2, 0) is 4.74 Å². The number of rotatable bonds is 2. The maximum absolute atomic E-state index is 12.4. The predicted octanol–water partition coefficient (Wildman–Crippen LogP) is 3.04. The molecule has 116 valence electrons. The van der Waals surface area contributed by atoms with E-state index in [0.29, 0.717) is 17.3 Å². The summed E-state index contributed by atoms with van der Waals surface area (Å²) < 4.78 is 5.52. The Balaban J connectivity index is 2.15. The first kappa shape index (κ1) is 15.6. The Hall–Kier alpha value is -0.770. The summed E-state index contributed by atoms with van der Waals surface area (Å²) in [6, 6.07) is -0.110. The lowest BCUT2D eigenvalue weighted by atomic mass is 9.86. The Morgan fingerprint density at radius 1 is 1.40 bits per heavy atom. The van der Waals surface area contributed by atoms with Crippen molar-refractivity contribution in [3.63, 3.8) is 0 Å². The summed E-state index contributed by atoms with van der Waals surface area (Å²) in [4.78, 5) is 14.2. The fourth-order valence-electron chi connectivity index (χ4n) is 3.78. The summed E-state index contributed by atoms with van der Waals surface area (Å²) in [5, 5.41) is 9.71. The Labute approximate surface area is 122 Å². The molecule has 0 aromatic rings. The monoisotopic (exact) mass is 283 g/mol. The zero-order chi connectivity index (χ0) is 15.1. The van der Waals surface area contributed by atoms with Crippen molar-refractivity contribution < 1.29 is 14.6 Å². The standard InChI is InChI=1S/C16H29NO3/c1-6-16-7-11(2)13(10-18)17(9-12(16)8-16)14(19)20-15(3,4)5/h11-13,18H,6-10H2,1-5H3/t11?,12-,13?,16?/m0/s1. The minimum absolute atomic E-state index is 0.0208. The van der Waals surface area contributed by atoms with Crippen molar-refractivity contribution in [3.8, 4) is 0 Å². The van der Waals surface area contributed by atoms with Gasteiger partial charge in [0.15, 0.2) is 0 Å². The van der Waals surface area contributed by atoms with E-state index in [1.54, 1.807) is 4.90 Å². The van der Waals surface area contributed by atoms with Crippen LogP contribution in [-0.4, -0.2) is 40.9 Å². The molecule has 1 heterocycles. The van der Waals surface area contributed by atoms with E-state index < -0.39 is 5.60 Å². The molecule has 0 spiro atoms. The van der Waals surface area contributed by atoms with Crippen LogP contribution in [0.4, 0.5) is 4.79 Å². The zero-order valence-corrected chi connectivity index (χ0v) is 13.5. The Kier molecular flexibility index (Phi) is 4.07. The van der Waals surface area contributed by atoms with Gasteiger partial charge in [0.2, 0.25) is 0 Å². The summed E-state index contributed by atoms with van der Waals surface area (Å²) in [5.74, 6) is 0.902. The molecule has 1 amide bonds. The van der Waals surface area contributed by atoms with Gasteiger partial charge in [-0.2, -0.15) is 0 Å². The highest BCUT2D eigenvalue weighted by Gasteiger charge is 2.57. The predicted molar refractivity (Wildman–Crippen MR) is 78.4 cm³/mol. The van der Waals surface area contributed by atoms with Crippen molar-refractivity contribution >= 4 is 6.09 Å². The smallest absolute Gasteiger partial charge is 0.410 e. The lowest BCUT2D eigenvalue weighted by Gasteiger charge is -2.34. The van der Waals surface area contributed by atoms with Gasteiger partial charge in [0, 0.05) is 6.54 Å². The number of hydrogen-bond acceptors (Lipinski definition) is 3. The molecule has 1 aliphatic heterocycles. The fraction of sp³-hybridized carbons (Fsp3) is 0.938. The van der Waals surface area contributed by atoms with Gasteiger partial charge in [0.05, 0.1) is 12.6 Å². The second-order valence-corrected chi connectivity index (χ2v) is 7.68. The number of nitrogens with zero attached hydrogens (tertiary/aromatic N) is 1. The lowest BCUT2D eigenvalue weighted by molar-refractivity contribution is 0.00200. The first-order valence-corrected chi connectivity index (χ1v) is 7.83. The SMILES string of the molecule is CCC12CC(C)C(CO)N(C(=O)OC(C)(C)C)C[C@@H]1C2. The molecule has 1 saturated carbocycles. The molecule has 0 aromatic carbocycles. The summed E-state index contributed by atoms with van der Waals surface area (Å²) in [6.07, 6.45) is 3.22. The summed E-state index contributed by atoms with van der Waals surface area (Å²) in [5.41, 5.74) is -0.0817. The minimum atomic E-state index is -0.488. The van der Waals surface area contributed by atoms with Crippen molar-refractivity contribution in [3.05, 3.63) is 0 Å². The van der Waals surface area contributed by atoms with E-state index in [-0.39, 0.29) is 18.7 Å². The third-order valence-corrected chi connectivity index (χ3v) is 5.08. The largest absolute Gasteiger partial charge is 0.444 e. The molecule has 2 aliphatic rings. The number of hydrogen-bond donors (Lipinski definition) is 1. The van der Waals surface area contributed by atoms with E-state index in [2.05, 4.69) is 13.8 Å². The molecule has 4 heteroatoms. The van der Waals surface area contributed by atoms with Crippen molar-refractivity contribution in [2.45, 2.75) is 65.5 Å². The second-order valence-electron chi connectivity index (χ2n) is 7.68. The molecule has 2 fully saturated rings. The number of aliphatic hydroxyl groups is 1. The summed E-state index contributed by atoms with van der Waals surface area (Å²) >= 11 is 0. The molecule has 20 heavy (non-hydrogen) atoms. The number of carbonyl (C=O) groups excluding carboxylic acids is 1. The molecular weight excluding hydrogens is 254 g/mol. The molecule has 3 unspecified atom stereocenters. The number of aliphatic hydroxyl groups excluding tert-OH is 1. The van der Waals surface area contributed by atoms with Gasteiger partial charge in [0.25, 0.3) is 0 Å². The van der Waals surface area contributed by atoms with Crippen molar-refractivity contribution in [2.24, 2.45) is 17.3 Å². The molecule has 0 bridgehead atoms. The number of carbonyl (C=O) groups is 1. The quantitative estimate of drug-likeness (QED) is 0.847. The average Bonchev–Trinajstić information content (AvgIpc) is 3.00. The van der Waals surface area contributed by atoms with Crippen LogP contribution in [0.15, 0.2) is 0 Å². The minimum Gasteiger partial charge on any atom is -0.444 e. The second kappa shape index (κ2) is 5.21. The summed E-state index contributed by atoms with van der Waals surface area (Å²) in [6.45, 7) is 10.8. The molecule has 0 radical (unpaired) electrons. The van der Waals surface area contributed by atoms with Crippen molar-refractivity contribution in [1.82, 2.24) is 4.90 Å². The number of fused-ring (bicyclic) bond motifs is 1. The van der Waals surface area contributed by atoms with Crippen molar-refractivity contribution in [2.75, 3.05) is 13.2 Å². The van der Waals surface area contributed by atoms with E-state index in [1.165, 1.54) is 12.8 Å². The van der Waals surface area contributed by atoms with Crippen LogP contribution in [0, 0.1) is 17.3 Å². The van der Waals surface area contributed by atoms with E-state index in [9.17, 15) is 9.90 Å².